The van der Waals surface area contributed by atoms with Gasteiger partial charge in [0, 0.05) is 17.3 Å². The monoisotopic (exact) mass is 424 g/mol. The van der Waals surface area contributed by atoms with Gasteiger partial charge in [-0.05, 0) is 36.1 Å². The van der Waals surface area contributed by atoms with Crippen molar-refractivity contribution in [3.8, 4) is 0 Å². The Morgan fingerprint density at radius 3 is 2.52 bits per heavy atom. The predicted octanol–water partition coefficient (Wildman–Crippen LogP) is 3.31. The number of hydrogen-bond acceptors (Lipinski definition) is 6. The number of hydrogen-bond donors (Lipinski definition) is 4. The number of amides is 2. The lowest BCUT2D eigenvalue weighted by Crippen LogP contribution is -2.38. The smallest absolute Gasteiger partial charge is 0.269 e. The van der Waals surface area contributed by atoms with Crippen molar-refractivity contribution < 1.29 is 14.0 Å². The van der Waals surface area contributed by atoms with Crippen LogP contribution in [0.1, 0.15) is 37.7 Å². The maximum absolute atomic E-state index is 14.4. The van der Waals surface area contributed by atoms with E-state index < -0.39 is 23.7 Å². The van der Waals surface area contributed by atoms with Crippen LogP contribution in [-0.4, -0.2) is 27.8 Å². The fourth-order valence-corrected chi connectivity index (χ4v) is 3.25. The molecule has 0 aliphatic heterocycles. The Bertz CT molecular complexity index is 1140. The molecule has 162 valence electrons. The number of pyridine rings is 2. The number of rotatable bonds is 7. The molecule has 0 fully saturated rings. The molecule has 2 aromatic heterocycles. The summed E-state index contributed by atoms with van der Waals surface area (Å²) in [6, 6.07) is 7.33. The van der Waals surface area contributed by atoms with Crippen molar-refractivity contribution in [2.45, 2.75) is 33.2 Å². The zero-order chi connectivity index (χ0) is 22.8. The van der Waals surface area contributed by atoms with E-state index in [9.17, 15) is 14.0 Å². The van der Waals surface area contributed by atoms with Crippen LogP contribution in [0.4, 0.5) is 21.5 Å². The quantitative estimate of drug-likeness (QED) is 0.459. The number of nitrogens with zero attached hydrogens (tertiary/aromatic N) is 2. The molecule has 6 N–H and O–H groups in total. The van der Waals surface area contributed by atoms with Gasteiger partial charge in [0.25, 0.3) is 5.91 Å². The number of carbonyl (C=O) groups excluding carboxylic acids is 2. The van der Waals surface area contributed by atoms with Gasteiger partial charge in [0.2, 0.25) is 5.91 Å². The first-order valence-electron chi connectivity index (χ1n) is 9.70. The molecule has 1 unspecified atom stereocenters. The first-order chi connectivity index (χ1) is 14.5. The van der Waals surface area contributed by atoms with Crippen LogP contribution in [0.5, 0.6) is 0 Å². The number of nitrogens with two attached hydrogens (primary N) is 2. The van der Waals surface area contributed by atoms with Crippen molar-refractivity contribution in [1.29, 1.82) is 0 Å². The number of halogens is 1. The van der Waals surface area contributed by atoms with Gasteiger partial charge < -0.3 is 22.1 Å². The van der Waals surface area contributed by atoms with E-state index in [1.165, 1.54) is 18.5 Å². The Morgan fingerprint density at radius 2 is 1.87 bits per heavy atom. The van der Waals surface area contributed by atoms with Gasteiger partial charge in [-0.3, -0.25) is 14.6 Å². The van der Waals surface area contributed by atoms with Crippen molar-refractivity contribution in [3.63, 3.8) is 0 Å². The van der Waals surface area contributed by atoms with Gasteiger partial charge in [0.05, 0.1) is 17.6 Å². The summed E-state index contributed by atoms with van der Waals surface area (Å²) < 4.78 is 14.4. The zero-order valence-electron chi connectivity index (χ0n) is 17.6. The minimum absolute atomic E-state index is 0.0244. The lowest BCUT2D eigenvalue weighted by Gasteiger charge is -2.25. The van der Waals surface area contributed by atoms with Crippen LogP contribution >= 0.6 is 0 Å². The molecule has 0 aliphatic rings. The summed E-state index contributed by atoms with van der Waals surface area (Å²) in [5.74, 6) is -1.77. The van der Waals surface area contributed by atoms with Crippen LogP contribution in [0.15, 0.2) is 42.7 Å². The zero-order valence-corrected chi connectivity index (χ0v) is 17.6. The Kier molecular flexibility index (Phi) is 6.05. The van der Waals surface area contributed by atoms with E-state index in [-0.39, 0.29) is 22.3 Å². The summed E-state index contributed by atoms with van der Waals surface area (Å²) in [6.07, 6.45) is 3.40. The van der Waals surface area contributed by atoms with Crippen LogP contribution in [0.3, 0.4) is 0 Å². The summed E-state index contributed by atoms with van der Waals surface area (Å²) in [7, 11) is 0. The molecule has 3 rings (SSSR count). The molecule has 2 heterocycles. The molecule has 0 saturated heterocycles. The molecule has 0 spiro atoms. The molecule has 0 radical (unpaired) electrons. The number of primary amides is 2. The minimum atomic E-state index is -0.752. The minimum Gasteiger partial charge on any atom is -0.372 e. The van der Waals surface area contributed by atoms with Crippen LogP contribution in [0.25, 0.3) is 10.9 Å². The number of nitrogens with one attached hydrogen (secondary N) is 2. The Morgan fingerprint density at radius 1 is 1.13 bits per heavy atom. The van der Waals surface area contributed by atoms with Gasteiger partial charge in [-0.15, -0.1) is 0 Å². The third-order valence-corrected chi connectivity index (χ3v) is 4.56. The van der Waals surface area contributed by atoms with Crippen LogP contribution in [0, 0.1) is 11.2 Å². The molecule has 0 aliphatic carbocycles. The number of fused-ring (bicyclic) bond motifs is 1. The lowest BCUT2D eigenvalue weighted by molar-refractivity contribution is -0.119. The summed E-state index contributed by atoms with van der Waals surface area (Å²) in [5, 5.41) is 6.64. The van der Waals surface area contributed by atoms with Gasteiger partial charge in [-0.2, -0.15) is 0 Å². The fraction of sp³-hybridized carbons (Fsp3) is 0.273. The first kappa shape index (κ1) is 21.9. The van der Waals surface area contributed by atoms with Crippen molar-refractivity contribution in [2.24, 2.45) is 16.9 Å². The highest BCUT2D eigenvalue weighted by Gasteiger charge is 2.23. The van der Waals surface area contributed by atoms with E-state index in [2.05, 4.69) is 20.6 Å². The van der Waals surface area contributed by atoms with E-state index >= 15 is 0 Å². The third-order valence-electron chi connectivity index (χ3n) is 4.56. The molecule has 0 saturated carbocycles. The summed E-state index contributed by atoms with van der Waals surface area (Å²) in [6.45, 7) is 5.99. The van der Waals surface area contributed by atoms with Crippen molar-refractivity contribution in [3.05, 3.63) is 54.2 Å². The highest BCUT2D eigenvalue weighted by atomic mass is 19.1. The van der Waals surface area contributed by atoms with E-state index in [1.54, 1.807) is 24.3 Å². The molecular weight excluding hydrogens is 399 g/mol. The van der Waals surface area contributed by atoms with Gasteiger partial charge in [0.1, 0.15) is 11.6 Å². The lowest BCUT2D eigenvalue weighted by atomic mass is 9.88. The van der Waals surface area contributed by atoms with E-state index in [4.69, 9.17) is 11.5 Å². The number of anilines is 3. The third kappa shape index (κ3) is 5.44. The molecule has 31 heavy (non-hydrogen) atoms. The molecule has 1 atom stereocenters. The fourth-order valence-electron chi connectivity index (χ4n) is 3.25. The van der Waals surface area contributed by atoms with Crippen molar-refractivity contribution in [1.82, 2.24) is 9.97 Å². The highest BCUT2D eigenvalue weighted by Crippen LogP contribution is 2.28. The molecule has 8 nitrogen and oxygen atoms in total. The highest BCUT2D eigenvalue weighted by molar-refractivity contribution is 5.98. The van der Waals surface area contributed by atoms with Gasteiger partial charge in [-0.1, -0.05) is 26.8 Å². The van der Waals surface area contributed by atoms with E-state index in [1.807, 2.05) is 20.8 Å². The Hall–Kier alpha value is -3.75. The number of benzene rings is 1. The summed E-state index contributed by atoms with van der Waals surface area (Å²) in [5.41, 5.74) is 12.2. The van der Waals surface area contributed by atoms with E-state index in [0.717, 1.165) is 0 Å². The van der Waals surface area contributed by atoms with Gasteiger partial charge in [-0.25, -0.2) is 9.37 Å². The normalized spacial score (nSPS) is 12.4. The summed E-state index contributed by atoms with van der Waals surface area (Å²) in [4.78, 5) is 31.9. The van der Waals surface area contributed by atoms with Crippen molar-refractivity contribution >= 4 is 39.8 Å². The van der Waals surface area contributed by atoms with E-state index in [0.29, 0.717) is 23.2 Å². The van der Waals surface area contributed by atoms with Crippen molar-refractivity contribution in [2.75, 3.05) is 10.6 Å². The maximum atomic E-state index is 14.4. The van der Waals surface area contributed by atoms with Crippen LogP contribution < -0.4 is 22.1 Å². The molecular formula is C22H25FN6O2. The molecule has 9 heteroatoms. The molecule has 2 amide bonds. The molecule has 0 bridgehead atoms. The Labute approximate surface area is 179 Å². The molecule has 3 aromatic rings. The SMILES string of the molecule is CC(C)(C)CC(Nc1cnc(C(N)=O)c(Nc2cc(F)c3ncccc3c2)c1)C(N)=O. The maximum Gasteiger partial charge on any atom is 0.269 e. The molecule has 1 aromatic carbocycles. The average molecular weight is 424 g/mol. The van der Waals surface area contributed by atoms with Gasteiger partial charge >= 0.3 is 0 Å². The van der Waals surface area contributed by atoms with Crippen LogP contribution in [0.2, 0.25) is 0 Å². The predicted molar refractivity (Wildman–Crippen MR) is 118 cm³/mol. The second-order valence-electron chi connectivity index (χ2n) is 8.51. The number of carbonyl (C=O) groups is 2. The first-order valence-corrected chi connectivity index (χ1v) is 9.70. The average Bonchev–Trinajstić information content (AvgIpc) is 2.66. The topological polar surface area (TPSA) is 136 Å². The second kappa shape index (κ2) is 8.55. The van der Waals surface area contributed by atoms with Crippen LogP contribution in [-0.2, 0) is 4.79 Å². The number of aromatic nitrogens is 2. The summed E-state index contributed by atoms with van der Waals surface area (Å²) >= 11 is 0. The van der Waals surface area contributed by atoms with Gasteiger partial charge in [0.15, 0.2) is 11.5 Å². The standard InChI is InChI=1S/C22H25FN6O2/c1-22(2,3)10-17(20(24)30)29-14-9-16(19(21(25)31)27-11-14)28-13-7-12-5-4-6-26-18(12)15(23)8-13/h4-9,11,17,28-29H,10H2,1-3H3,(H2,24,30)(H2,25,31). The second-order valence-corrected chi connectivity index (χ2v) is 8.51. The largest absolute Gasteiger partial charge is 0.372 e. The Balaban J connectivity index is 1.95.